The Kier molecular flexibility index (Phi) is 6.10. The molecule has 2 aromatic carbocycles. The number of ether oxygens (including phenoxy) is 1. The number of amides is 2. The van der Waals surface area contributed by atoms with Crippen molar-refractivity contribution < 1.29 is 28.8 Å². The molecule has 0 radical (unpaired) electrons. The van der Waals surface area contributed by atoms with Crippen molar-refractivity contribution >= 4 is 23.9 Å². The molecule has 0 saturated carbocycles. The molecule has 2 amide bonds. The summed E-state index contributed by atoms with van der Waals surface area (Å²) in [4.78, 5) is 36.2. The molecule has 1 aliphatic rings. The number of hydrogen-bond acceptors (Lipinski definition) is 6. The predicted octanol–water partition coefficient (Wildman–Crippen LogP) is 4.26. The molecule has 4 rings (SSSR count). The molecule has 9 heteroatoms. The zero-order valence-electron chi connectivity index (χ0n) is 19.0. The zero-order chi connectivity index (χ0) is 24.5. The normalized spacial score (nSPS) is 13.5. The molecule has 0 fully saturated rings. The van der Waals surface area contributed by atoms with E-state index in [1.54, 1.807) is 20.8 Å². The van der Waals surface area contributed by atoms with Crippen LogP contribution in [0.2, 0.25) is 0 Å². The number of benzene rings is 2. The topological polar surface area (TPSA) is 131 Å². The third-order valence-corrected chi connectivity index (χ3v) is 5.70. The van der Waals surface area contributed by atoms with Crippen LogP contribution in [-0.2, 0) is 9.53 Å². The van der Waals surface area contributed by atoms with Crippen LogP contribution in [0.1, 0.15) is 48.3 Å². The van der Waals surface area contributed by atoms with Crippen molar-refractivity contribution in [3.63, 3.8) is 0 Å². The highest BCUT2D eigenvalue weighted by atomic mass is 16.6. The van der Waals surface area contributed by atoms with Gasteiger partial charge in [0.1, 0.15) is 12.6 Å². The Morgan fingerprint density at radius 3 is 2.21 bits per heavy atom. The fourth-order valence-electron chi connectivity index (χ4n) is 4.03. The van der Waals surface area contributed by atoms with Crippen LogP contribution < -0.4 is 10.6 Å². The van der Waals surface area contributed by atoms with Gasteiger partial charge in [0.15, 0.2) is 5.69 Å². The summed E-state index contributed by atoms with van der Waals surface area (Å²) < 4.78 is 10.4. The lowest BCUT2D eigenvalue weighted by Gasteiger charge is -2.27. The van der Waals surface area contributed by atoms with Crippen LogP contribution in [0.5, 0.6) is 0 Å². The monoisotopic (exact) mass is 463 g/mol. The van der Waals surface area contributed by atoms with E-state index in [0.717, 1.165) is 22.3 Å². The van der Waals surface area contributed by atoms with E-state index in [9.17, 15) is 19.5 Å². The summed E-state index contributed by atoms with van der Waals surface area (Å²) in [7, 11) is 0. The van der Waals surface area contributed by atoms with Crippen LogP contribution in [0.25, 0.3) is 11.1 Å². The lowest BCUT2D eigenvalue weighted by atomic mass is 9.86. The van der Waals surface area contributed by atoms with E-state index in [2.05, 4.69) is 15.8 Å². The number of carboxylic acids is 1. The van der Waals surface area contributed by atoms with Gasteiger partial charge in [-0.25, -0.2) is 9.59 Å². The molecule has 3 aromatic rings. The smallest absolute Gasteiger partial charge is 0.414 e. The van der Waals surface area contributed by atoms with Gasteiger partial charge in [0.2, 0.25) is 5.88 Å². The average Bonchev–Trinajstić information content (AvgIpc) is 3.37. The van der Waals surface area contributed by atoms with E-state index in [0.29, 0.717) is 0 Å². The van der Waals surface area contributed by atoms with E-state index in [1.807, 2.05) is 48.5 Å². The molecule has 0 saturated heterocycles. The summed E-state index contributed by atoms with van der Waals surface area (Å²) >= 11 is 0. The largest absolute Gasteiger partial charge is 0.480 e. The van der Waals surface area contributed by atoms with Gasteiger partial charge in [-0.05, 0) is 27.7 Å². The molecule has 1 aliphatic carbocycles. The van der Waals surface area contributed by atoms with Crippen LogP contribution in [0.3, 0.4) is 0 Å². The second-order valence-corrected chi connectivity index (χ2v) is 9.14. The Labute approximate surface area is 196 Å². The summed E-state index contributed by atoms with van der Waals surface area (Å²) in [6.07, 6.45) is -0.761. The number of carbonyl (C=O) groups is 3. The standard InChI is InChI=1S/C25H25N3O6/c1-25(2,3)21(23(30)31)27-22(29)19-12-20(34-28-19)26-24(32)33-13-18-16-10-6-4-8-14(16)15-9-5-7-11-17(15)18/h4-12,18,21H,13H2,1-3H3,(H,26,32)(H,27,29)(H,30,31)/t21-/m1/s1. The molecule has 176 valence electrons. The molecule has 1 heterocycles. The van der Waals surface area contributed by atoms with Gasteiger partial charge < -0.3 is 19.7 Å². The van der Waals surface area contributed by atoms with Crippen molar-refractivity contribution in [2.45, 2.75) is 32.7 Å². The van der Waals surface area contributed by atoms with Gasteiger partial charge in [-0.2, -0.15) is 0 Å². The Morgan fingerprint density at radius 2 is 1.65 bits per heavy atom. The van der Waals surface area contributed by atoms with Crippen molar-refractivity contribution in [1.29, 1.82) is 0 Å². The van der Waals surface area contributed by atoms with Crippen molar-refractivity contribution in [3.05, 3.63) is 71.4 Å². The van der Waals surface area contributed by atoms with E-state index < -0.39 is 29.4 Å². The number of anilines is 1. The molecule has 1 aromatic heterocycles. The van der Waals surface area contributed by atoms with Gasteiger partial charge in [0, 0.05) is 12.0 Å². The van der Waals surface area contributed by atoms with Crippen molar-refractivity contribution in [1.82, 2.24) is 10.5 Å². The van der Waals surface area contributed by atoms with E-state index in [1.165, 1.54) is 6.07 Å². The van der Waals surface area contributed by atoms with Gasteiger partial charge in [0.25, 0.3) is 5.91 Å². The summed E-state index contributed by atoms with van der Waals surface area (Å²) in [5, 5.41) is 17.8. The van der Waals surface area contributed by atoms with Gasteiger partial charge in [-0.1, -0.05) is 74.5 Å². The first kappa shape index (κ1) is 23.0. The number of carbonyl (C=O) groups excluding carboxylic acids is 2. The zero-order valence-corrected chi connectivity index (χ0v) is 19.0. The van der Waals surface area contributed by atoms with Crippen LogP contribution in [-0.4, -0.2) is 40.9 Å². The van der Waals surface area contributed by atoms with Crippen molar-refractivity contribution in [3.8, 4) is 11.1 Å². The molecular formula is C25H25N3O6. The van der Waals surface area contributed by atoms with E-state index in [-0.39, 0.29) is 24.1 Å². The van der Waals surface area contributed by atoms with Crippen molar-refractivity contribution in [2.75, 3.05) is 11.9 Å². The van der Waals surface area contributed by atoms with Gasteiger partial charge in [-0.3, -0.25) is 10.1 Å². The average molecular weight is 463 g/mol. The third kappa shape index (κ3) is 4.63. The van der Waals surface area contributed by atoms with E-state index >= 15 is 0 Å². The SMILES string of the molecule is CC(C)(C)[C@H](NC(=O)c1cc(NC(=O)OCC2c3ccccc3-c3ccccc32)on1)C(=O)O. The highest BCUT2D eigenvalue weighted by Gasteiger charge is 2.34. The Hall–Kier alpha value is -4.14. The number of rotatable bonds is 6. The highest BCUT2D eigenvalue weighted by Crippen LogP contribution is 2.44. The molecular weight excluding hydrogens is 438 g/mol. The number of fused-ring (bicyclic) bond motifs is 3. The van der Waals surface area contributed by atoms with Gasteiger partial charge >= 0.3 is 12.1 Å². The first-order valence-electron chi connectivity index (χ1n) is 10.8. The fraction of sp³-hybridized carbons (Fsp3) is 0.280. The van der Waals surface area contributed by atoms with Crippen molar-refractivity contribution in [2.24, 2.45) is 5.41 Å². The first-order chi connectivity index (χ1) is 16.1. The number of carboxylic acid groups (broad SMARTS) is 1. The maximum absolute atomic E-state index is 12.4. The minimum absolute atomic E-state index is 0.0926. The second-order valence-electron chi connectivity index (χ2n) is 9.14. The quantitative estimate of drug-likeness (QED) is 0.498. The second kappa shape index (κ2) is 9.01. The predicted molar refractivity (Wildman–Crippen MR) is 124 cm³/mol. The van der Waals surface area contributed by atoms with Gasteiger partial charge in [0.05, 0.1) is 0 Å². The first-order valence-corrected chi connectivity index (χ1v) is 10.8. The fourth-order valence-corrected chi connectivity index (χ4v) is 4.03. The molecule has 0 aliphatic heterocycles. The van der Waals surface area contributed by atoms with Crippen LogP contribution in [0.4, 0.5) is 10.7 Å². The van der Waals surface area contributed by atoms with Crippen LogP contribution in [0, 0.1) is 5.41 Å². The van der Waals surface area contributed by atoms with Gasteiger partial charge in [-0.15, -0.1) is 0 Å². The Bertz CT molecular complexity index is 1200. The number of nitrogens with zero attached hydrogens (tertiary/aromatic N) is 1. The Morgan fingerprint density at radius 1 is 1.06 bits per heavy atom. The molecule has 0 unspecified atom stereocenters. The molecule has 0 bridgehead atoms. The summed E-state index contributed by atoms with van der Waals surface area (Å²) in [6, 6.07) is 16.1. The van der Waals surface area contributed by atoms with E-state index in [4.69, 9.17) is 9.26 Å². The molecule has 3 N–H and O–H groups in total. The number of aliphatic carboxylic acids is 1. The summed E-state index contributed by atoms with van der Waals surface area (Å²) in [5.41, 5.74) is 3.53. The Balaban J connectivity index is 1.38. The third-order valence-electron chi connectivity index (χ3n) is 5.70. The molecule has 0 spiro atoms. The van der Waals surface area contributed by atoms with Crippen LogP contribution in [0.15, 0.2) is 59.1 Å². The van der Waals surface area contributed by atoms with Crippen LogP contribution >= 0.6 is 0 Å². The minimum atomic E-state index is -1.17. The maximum Gasteiger partial charge on any atom is 0.414 e. The molecule has 9 nitrogen and oxygen atoms in total. The molecule has 34 heavy (non-hydrogen) atoms. The summed E-state index contributed by atoms with van der Waals surface area (Å²) in [5.74, 6) is -2.09. The lowest BCUT2D eigenvalue weighted by molar-refractivity contribution is -0.142. The number of nitrogens with one attached hydrogen (secondary N) is 2. The summed E-state index contributed by atoms with van der Waals surface area (Å²) in [6.45, 7) is 5.20. The minimum Gasteiger partial charge on any atom is -0.480 e. The molecule has 1 atom stereocenters. The number of aromatic nitrogens is 1. The maximum atomic E-state index is 12.4. The number of hydrogen-bond donors (Lipinski definition) is 3. The highest BCUT2D eigenvalue weighted by molar-refractivity contribution is 5.96. The lowest BCUT2D eigenvalue weighted by Crippen LogP contribution is -2.49.